The first-order chi connectivity index (χ1) is 8.25. The molecule has 1 aromatic heterocycles. The largest absolute Gasteiger partial charge is 0.481 e. The van der Waals surface area contributed by atoms with Crippen LogP contribution in [0.3, 0.4) is 0 Å². The molecule has 0 aliphatic heterocycles. The third-order valence-corrected chi connectivity index (χ3v) is 2.94. The summed E-state index contributed by atoms with van der Waals surface area (Å²) >= 11 is 0. The Balaban J connectivity index is 1.99. The van der Waals surface area contributed by atoms with Gasteiger partial charge in [-0.15, -0.1) is 0 Å². The average molecular weight is 235 g/mol. The molecule has 0 spiro atoms. The number of fused-ring (bicyclic) bond motifs is 1. The van der Waals surface area contributed by atoms with Crippen LogP contribution in [0.2, 0.25) is 0 Å². The number of carboxylic acid groups (broad SMARTS) is 1. The summed E-state index contributed by atoms with van der Waals surface area (Å²) in [4.78, 5) is 19.1. The highest BCUT2D eigenvalue weighted by molar-refractivity contribution is 5.67. The number of hydrogen-bond donors (Lipinski definition) is 2. The minimum Gasteiger partial charge on any atom is -0.481 e. The summed E-state index contributed by atoms with van der Waals surface area (Å²) in [6.45, 7) is 0.369. The number of nitrogens with zero attached hydrogens (tertiary/aromatic N) is 2. The second kappa shape index (κ2) is 5.61. The van der Waals surface area contributed by atoms with Gasteiger partial charge in [0.1, 0.15) is 0 Å². The van der Waals surface area contributed by atoms with Crippen molar-refractivity contribution in [2.45, 2.75) is 38.5 Å². The van der Waals surface area contributed by atoms with Crippen molar-refractivity contribution in [3.8, 4) is 0 Å². The van der Waals surface area contributed by atoms with Gasteiger partial charge in [0.05, 0.1) is 6.42 Å². The highest BCUT2D eigenvalue weighted by Gasteiger charge is 2.10. The summed E-state index contributed by atoms with van der Waals surface area (Å²) < 4.78 is 0. The van der Waals surface area contributed by atoms with Gasteiger partial charge in [0.25, 0.3) is 0 Å². The summed E-state index contributed by atoms with van der Waals surface area (Å²) in [5.41, 5.74) is 2.36. The summed E-state index contributed by atoms with van der Waals surface area (Å²) in [5.74, 6) is -0.265. The van der Waals surface area contributed by atoms with Crippen LogP contribution in [-0.2, 0) is 17.6 Å². The first-order valence-corrected chi connectivity index (χ1v) is 6.06. The van der Waals surface area contributed by atoms with Crippen LogP contribution in [0.15, 0.2) is 6.20 Å². The predicted octanol–water partition coefficient (Wildman–Crippen LogP) is 1.63. The van der Waals surface area contributed by atoms with Crippen LogP contribution in [0, 0.1) is 0 Å². The zero-order valence-corrected chi connectivity index (χ0v) is 9.78. The lowest BCUT2D eigenvalue weighted by Crippen LogP contribution is -2.11. The Kier molecular flexibility index (Phi) is 3.90. The fourth-order valence-electron chi connectivity index (χ4n) is 2.02. The first kappa shape index (κ1) is 11.8. The van der Waals surface area contributed by atoms with Gasteiger partial charge in [0.15, 0.2) is 0 Å². The molecule has 0 atom stereocenters. The topological polar surface area (TPSA) is 75.1 Å². The van der Waals surface area contributed by atoms with Crippen molar-refractivity contribution < 1.29 is 9.90 Å². The zero-order chi connectivity index (χ0) is 12.1. The summed E-state index contributed by atoms with van der Waals surface area (Å²) in [7, 11) is 0. The van der Waals surface area contributed by atoms with Crippen molar-refractivity contribution in [2.75, 3.05) is 11.9 Å². The van der Waals surface area contributed by atoms with Gasteiger partial charge in [-0.2, -0.15) is 0 Å². The van der Waals surface area contributed by atoms with E-state index in [-0.39, 0.29) is 6.42 Å². The van der Waals surface area contributed by atoms with Crippen LogP contribution in [0.5, 0.6) is 0 Å². The molecule has 2 rings (SSSR count). The average Bonchev–Trinajstić information content (AvgIpc) is 2.53. The molecular weight excluding hydrogens is 218 g/mol. The third kappa shape index (κ3) is 3.41. The second-order valence-corrected chi connectivity index (χ2v) is 4.30. The Labute approximate surface area is 100 Å². The molecule has 0 radical (unpaired) electrons. The molecule has 0 bridgehead atoms. The molecule has 5 nitrogen and oxygen atoms in total. The van der Waals surface area contributed by atoms with Crippen molar-refractivity contribution in [1.82, 2.24) is 9.97 Å². The Hall–Kier alpha value is -1.65. The molecule has 1 aliphatic rings. The van der Waals surface area contributed by atoms with E-state index in [0.717, 1.165) is 18.5 Å². The number of carboxylic acids is 1. The molecule has 2 N–H and O–H groups in total. The van der Waals surface area contributed by atoms with Crippen LogP contribution in [-0.4, -0.2) is 27.6 Å². The maximum atomic E-state index is 10.4. The van der Waals surface area contributed by atoms with Crippen LogP contribution in [0.4, 0.5) is 5.95 Å². The molecule has 5 heteroatoms. The smallest absolute Gasteiger partial charge is 0.305 e. The lowest BCUT2D eigenvalue weighted by molar-refractivity contribution is -0.136. The Bertz CT molecular complexity index is 407. The Morgan fingerprint density at radius 3 is 3.00 bits per heavy atom. The van der Waals surface area contributed by atoms with Crippen LogP contribution in [0.25, 0.3) is 0 Å². The van der Waals surface area contributed by atoms with Gasteiger partial charge in [0, 0.05) is 18.4 Å². The van der Waals surface area contributed by atoms with Gasteiger partial charge < -0.3 is 10.4 Å². The zero-order valence-electron chi connectivity index (χ0n) is 9.78. The van der Waals surface area contributed by atoms with Gasteiger partial charge in [-0.1, -0.05) is 6.42 Å². The standard InChI is InChI=1S/C12H17N3O2/c16-11(17)6-7-13-12-14-8-9-4-2-1-3-5-10(9)15-12/h8H,1-7H2,(H,16,17)(H,13,14,15). The summed E-state index contributed by atoms with van der Waals surface area (Å²) in [6.07, 6.45) is 7.66. The molecule has 0 saturated carbocycles. The lowest BCUT2D eigenvalue weighted by Gasteiger charge is -2.07. The van der Waals surface area contributed by atoms with Crippen molar-refractivity contribution in [3.05, 3.63) is 17.5 Å². The fourth-order valence-corrected chi connectivity index (χ4v) is 2.02. The van der Waals surface area contributed by atoms with Gasteiger partial charge in [-0.25, -0.2) is 9.97 Å². The summed E-state index contributed by atoms with van der Waals surface area (Å²) in [5, 5.41) is 11.5. The molecule has 0 fully saturated rings. The van der Waals surface area contributed by atoms with Crippen molar-refractivity contribution in [2.24, 2.45) is 0 Å². The highest BCUT2D eigenvalue weighted by atomic mass is 16.4. The van der Waals surface area contributed by atoms with E-state index in [9.17, 15) is 4.79 Å². The SMILES string of the molecule is O=C(O)CCNc1ncc2c(n1)CCCCC2. The van der Waals surface area contributed by atoms with E-state index in [0.29, 0.717) is 12.5 Å². The molecule has 1 aliphatic carbocycles. The molecule has 0 saturated heterocycles. The van der Waals surface area contributed by atoms with Gasteiger partial charge in [-0.3, -0.25) is 4.79 Å². The highest BCUT2D eigenvalue weighted by Crippen LogP contribution is 2.18. The number of aliphatic carboxylic acids is 1. The monoisotopic (exact) mass is 235 g/mol. The minimum atomic E-state index is -0.813. The molecule has 0 aromatic carbocycles. The second-order valence-electron chi connectivity index (χ2n) is 4.30. The summed E-state index contributed by atoms with van der Waals surface area (Å²) in [6, 6.07) is 0. The molecular formula is C12H17N3O2. The number of hydrogen-bond acceptors (Lipinski definition) is 4. The number of carbonyl (C=O) groups is 1. The van der Waals surface area contributed by atoms with Crippen LogP contribution >= 0.6 is 0 Å². The maximum absolute atomic E-state index is 10.4. The normalized spacial score (nSPS) is 14.8. The van der Waals surface area contributed by atoms with E-state index in [1.54, 1.807) is 0 Å². The van der Waals surface area contributed by atoms with Crippen LogP contribution in [0.1, 0.15) is 36.9 Å². The van der Waals surface area contributed by atoms with Gasteiger partial charge in [0.2, 0.25) is 5.95 Å². The number of anilines is 1. The van der Waals surface area contributed by atoms with Crippen LogP contribution < -0.4 is 5.32 Å². The van der Waals surface area contributed by atoms with E-state index < -0.39 is 5.97 Å². The van der Waals surface area contributed by atoms with E-state index in [1.165, 1.54) is 24.8 Å². The van der Waals surface area contributed by atoms with Crippen molar-refractivity contribution in [1.29, 1.82) is 0 Å². The quantitative estimate of drug-likeness (QED) is 0.776. The molecule has 92 valence electrons. The van der Waals surface area contributed by atoms with Gasteiger partial charge >= 0.3 is 5.97 Å². The van der Waals surface area contributed by atoms with Crippen molar-refractivity contribution in [3.63, 3.8) is 0 Å². The maximum Gasteiger partial charge on any atom is 0.305 e. The van der Waals surface area contributed by atoms with E-state index >= 15 is 0 Å². The fraction of sp³-hybridized carbons (Fsp3) is 0.583. The molecule has 0 unspecified atom stereocenters. The van der Waals surface area contributed by atoms with E-state index in [4.69, 9.17) is 5.11 Å². The van der Waals surface area contributed by atoms with Crippen molar-refractivity contribution >= 4 is 11.9 Å². The Morgan fingerprint density at radius 2 is 2.18 bits per heavy atom. The van der Waals surface area contributed by atoms with E-state index in [1.807, 2.05) is 6.20 Å². The van der Waals surface area contributed by atoms with Gasteiger partial charge in [-0.05, 0) is 31.2 Å². The number of aromatic nitrogens is 2. The minimum absolute atomic E-state index is 0.0838. The third-order valence-electron chi connectivity index (χ3n) is 2.94. The Morgan fingerprint density at radius 1 is 1.35 bits per heavy atom. The number of nitrogens with one attached hydrogen (secondary N) is 1. The lowest BCUT2D eigenvalue weighted by atomic mass is 10.1. The predicted molar refractivity (Wildman–Crippen MR) is 64.0 cm³/mol. The molecule has 1 heterocycles. The first-order valence-electron chi connectivity index (χ1n) is 6.06. The number of rotatable bonds is 4. The number of aryl methyl sites for hydroxylation is 2. The molecule has 0 amide bonds. The molecule has 1 aromatic rings. The van der Waals surface area contributed by atoms with E-state index in [2.05, 4.69) is 15.3 Å². The molecule has 17 heavy (non-hydrogen) atoms.